The van der Waals surface area contributed by atoms with E-state index >= 15 is 0 Å². The van der Waals surface area contributed by atoms with Crippen molar-refractivity contribution in [3.8, 4) is 0 Å². The van der Waals surface area contributed by atoms with Gasteiger partial charge in [0.05, 0.1) is 12.1 Å². The molecule has 0 aromatic carbocycles. The minimum absolute atomic E-state index is 0.0412. The Balaban J connectivity index is 2.43. The summed E-state index contributed by atoms with van der Waals surface area (Å²) in [6, 6.07) is 0. The van der Waals surface area contributed by atoms with Crippen LogP contribution in [0, 0.1) is 0 Å². The number of nitrogens with one attached hydrogen (secondary N) is 3. The van der Waals surface area contributed by atoms with Gasteiger partial charge in [-0.15, -0.1) is 0 Å². The van der Waals surface area contributed by atoms with Crippen molar-refractivity contribution in [3.63, 3.8) is 0 Å². The van der Waals surface area contributed by atoms with E-state index in [1.807, 2.05) is 27.7 Å². The predicted octanol–water partition coefficient (Wildman–Crippen LogP) is 0.550. The first kappa shape index (κ1) is 15.0. The first-order valence-corrected chi connectivity index (χ1v) is 6.63. The number of carbonyl (C=O) groups excluding carboxylic acids is 2. The smallest absolute Gasteiger partial charge is 0.240 e. The maximum atomic E-state index is 12.1. The van der Waals surface area contributed by atoms with Crippen molar-refractivity contribution in [2.24, 2.45) is 0 Å². The molecule has 3 N–H and O–H groups in total. The zero-order valence-corrected chi connectivity index (χ0v) is 11.9. The topological polar surface area (TPSA) is 70.2 Å². The van der Waals surface area contributed by atoms with Gasteiger partial charge in [0.25, 0.3) is 0 Å². The van der Waals surface area contributed by atoms with E-state index in [-0.39, 0.29) is 23.9 Å². The lowest BCUT2D eigenvalue weighted by Gasteiger charge is -2.27. The van der Waals surface area contributed by atoms with Gasteiger partial charge in [0.2, 0.25) is 11.8 Å². The zero-order valence-electron chi connectivity index (χ0n) is 11.9. The van der Waals surface area contributed by atoms with Crippen LogP contribution in [-0.4, -0.2) is 36.0 Å². The van der Waals surface area contributed by atoms with Gasteiger partial charge in [-0.1, -0.05) is 6.92 Å². The molecular formula is C13H25N3O2. The summed E-state index contributed by atoms with van der Waals surface area (Å²) >= 11 is 0. The van der Waals surface area contributed by atoms with E-state index in [0.29, 0.717) is 0 Å². The van der Waals surface area contributed by atoms with Gasteiger partial charge in [-0.05, 0) is 46.6 Å². The molecule has 2 amide bonds. The number of carbonyl (C=O) groups is 2. The van der Waals surface area contributed by atoms with Gasteiger partial charge in [0, 0.05) is 5.54 Å². The summed E-state index contributed by atoms with van der Waals surface area (Å²) in [5.74, 6) is -0.216. The van der Waals surface area contributed by atoms with Crippen molar-refractivity contribution in [2.75, 3.05) is 13.1 Å². The molecule has 1 unspecified atom stereocenters. The average Bonchev–Trinajstić information content (AvgIpc) is 2.73. The Kier molecular flexibility index (Phi) is 4.73. The first-order valence-electron chi connectivity index (χ1n) is 6.63. The van der Waals surface area contributed by atoms with E-state index < -0.39 is 5.54 Å². The van der Waals surface area contributed by atoms with Crippen LogP contribution in [0.2, 0.25) is 0 Å². The summed E-state index contributed by atoms with van der Waals surface area (Å²) in [5, 5.41) is 8.79. The third-order valence-electron chi connectivity index (χ3n) is 3.21. The summed E-state index contributed by atoms with van der Waals surface area (Å²) in [6.07, 6.45) is 2.60. The molecule has 1 aliphatic rings. The summed E-state index contributed by atoms with van der Waals surface area (Å²) in [6.45, 7) is 8.65. The average molecular weight is 255 g/mol. The normalized spacial score (nSPS) is 23.8. The van der Waals surface area contributed by atoms with Crippen LogP contribution < -0.4 is 16.0 Å². The SMILES string of the molecule is CCC1(C(=O)NCC(=O)NC(C)(C)C)CCCN1. The molecule has 104 valence electrons. The third-order valence-corrected chi connectivity index (χ3v) is 3.21. The van der Waals surface area contributed by atoms with Crippen LogP contribution >= 0.6 is 0 Å². The highest BCUT2D eigenvalue weighted by molar-refractivity contribution is 5.90. The van der Waals surface area contributed by atoms with Gasteiger partial charge in [-0.25, -0.2) is 0 Å². The monoisotopic (exact) mass is 255 g/mol. The van der Waals surface area contributed by atoms with Crippen molar-refractivity contribution < 1.29 is 9.59 Å². The van der Waals surface area contributed by atoms with Gasteiger partial charge in [-0.2, -0.15) is 0 Å². The van der Waals surface area contributed by atoms with Crippen LogP contribution in [-0.2, 0) is 9.59 Å². The van der Waals surface area contributed by atoms with Gasteiger partial charge in [0.1, 0.15) is 0 Å². The standard InChI is InChI=1S/C13H25N3O2/c1-5-13(7-6-8-15-13)11(18)14-9-10(17)16-12(2,3)4/h15H,5-9H2,1-4H3,(H,14,18)(H,16,17). The summed E-state index contributed by atoms with van der Waals surface area (Å²) in [4.78, 5) is 23.7. The minimum Gasteiger partial charge on any atom is -0.350 e. The molecule has 0 aliphatic carbocycles. The number of amides is 2. The second-order valence-electron chi connectivity index (χ2n) is 5.95. The Morgan fingerprint density at radius 3 is 2.44 bits per heavy atom. The molecule has 5 nitrogen and oxygen atoms in total. The lowest BCUT2D eigenvalue weighted by molar-refractivity contribution is -0.130. The minimum atomic E-state index is -0.470. The van der Waals surface area contributed by atoms with Gasteiger partial charge < -0.3 is 16.0 Å². The largest absolute Gasteiger partial charge is 0.350 e. The molecule has 5 heteroatoms. The first-order chi connectivity index (χ1) is 8.29. The van der Waals surface area contributed by atoms with Gasteiger partial charge >= 0.3 is 0 Å². The Labute approximate surface area is 109 Å². The van der Waals surface area contributed by atoms with Crippen LogP contribution in [0.5, 0.6) is 0 Å². The van der Waals surface area contributed by atoms with Crippen molar-refractivity contribution >= 4 is 11.8 Å². The summed E-state index contributed by atoms with van der Waals surface area (Å²) in [5.41, 5.74) is -0.738. The second-order valence-corrected chi connectivity index (χ2v) is 5.95. The Morgan fingerprint density at radius 2 is 2.00 bits per heavy atom. The lowest BCUT2D eigenvalue weighted by Crippen LogP contribution is -2.55. The fraction of sp³-hybridized carbons (Fsp3) is 0.846. The molecule has 0 bridgehead atoms. The Hall–Kier alpha value is -1.10. The van der Waals surface area contributed by atoms with E-state index in [0.717, 1.165) is 25.8 Å². The second kappa shape index (κ2) is 5.69. The highest BCUT2D eigenvalue weighted by Crippen LogP contribution is 2.22. The molecule has 0 spiro atoms. The zero-order chi connectivity index (χ0) is 13.8. The van der Waals surface area contributed by atoms with Crippen molar-refractivity contribution in [3.05, 3.63) is 0 Å². The molecule has 0 saturated carbocycles. The number of hydrogen-bond donors (Lipinski definition) is 3. The van der Waals surface area contributed by atoms with E-state index in [1.165, 1.54) is 0 Å². The highest BCUT2D eigenvalue weighted by Gasteiger charge is 2.39. The maximum absolute atomic E-state index is 12.1. The highest BCUT2D eigenvalue weighted by atomic mass is 16.2. The molecule has 1 fully saturated rings. The summed E-state index contributed by atoms with van der Waals surface area (Å²) < 4.78 is 0. The third kappa shape index (κ3) is 3.98. The van der Waals surface area contributed by atoms with Crippen LogP contribution in [0.1, 0.15) is 47.0 Å². The fourth-order valence-corrected chi connectivity index (χ4v) is 2.25. The molecule has 0 aromatic heterocycles. The molecular weight excluding hydrogens is 230 g/mol. The predicted molar refractivity (Wildman–Crippen MR) is 71.2 cm³/mol. The quantitative estimate of drug-likeness (QED) is 0.687. The molecule has 0 radical (unpaired) electrons. The molecule has 1 atom stereocenters. The van der Waals surface area contributed by atoms with E-state index in [1.54, 1.807) is 0 Å². The molecule has 1 saturated heterocycles. The summed E-state index contributed by atoms with van der Waals surface area (Å²) in [7, 11) is 0. The Bertz CT molecular complexity index is 315. The molecule has 1 heterocycles. The Morgan fingerprint density at radius 1 is 1.33 bits per heavy atom. The van der Waals surface area contributed by atoms with E-state index in [4.69, 9.17) is 0 Å². The van der Waals surface area contributed by atoms with Crippen molar-refractivity contribution in [1.82, 2.24) is 16.0 Å². The maximum Gasteiger partial charge on any atom is 0.240 e. The molecule has 1 aliphatic heterocycles. The molecule has 0 aromatic rings. The van der Waals surface area contributed by atoms with Gasteiger partial charge in [0.15, 0.2) is 0 Å². The molecule has 18 heavy (non-hydrogen) atoms. The fourth-order valence-electron chi connectivity index (χ4n) is 2.25. The van der Waals surface area contributed by atoms with E-state index in [9.17, 15) is 9.59 Å². The molecule has 1 rings (SSSR count). The van der Waals surface area contributed by atoms with Crippen LogP contribution in [0.25, 0.3) is 0 Å². The number of hydrogen-bond acceptors (Lipinski definition) is 3. The van der Waals surface area contributed by atoms with Gasteiger partial charge in [-0.3, -0.25) is 9.59 Å². The van der Waals surface area contributed by atoms with Crippen LogP contribution in [0.4, 0.5) is 0 Å². The number of rotatable bonds is 4. The van der Waals surface area contributed by atoms with E-state index in [2.05, 4.69) is 16.0 Å². The van der Waals surface area contributed by atoms with Crippen molar-refractivity contribution in [2.45, 2.75) is 58.0 Å². The van der Waals surface area contributed by atoms with Crippen LogP contribution in [0.15, 0.2) is 0 Å². The van der Waals surface area contributed by atoms with Crippen molar-refractivity contribution in [1.29, 1.82) is 0 Å². The lowest BCUT2D eigenvalue weighted by atomic mass is 9.93. The van der Waals surface area contributed by atoms with Crippen LogP contribution in [0.3, 0.4) is 0 Å².